The van der Waals surface area contributed by atoms with E-state index in [0.717, 1.165) is 30.9 Å². The third-order valence-corrected chi connectivity index (χ3v) is 3.86. The first kappa shape index (κ1) is 23.0. The fourth-order valence-corrected chi connectivity index (χ4v) is 2.90. The van der Waals surface area contributed by atoms with Crippen LogP contribution >= 0.6 is 24.8 Å². The third-order valence-electron chi connectivity index (χ3n) is 3.86. The number of rotatable bonds is 5. The zero-order valence-corrected chi connectivity index (χ0v) is 16.2. The van der Waals surface area contributed by atoms with E-state index < -0.39 is 6.04 Å². The van der Waals surface area contributed by atoms with Crippen LogP contribution in [0.3, 0.4) is 0 Å². The number of halogens is 2. The van der Waals surface area contributed by atoms with Crippen LogP contribution in [0.5, 0.6) is 0 Å². The molecule has 1 amide bonds. The van der Waals surface area contributed by atoms with E-state index in [1.807, 2.05) is 31.2 Å². The summed E-state index contributed by atoms with van der Waals surface area (Å²) in [6.07, 6.45) is 1.94. The number of nitrogens with one attached hydrogen (secondary N) is 1. The number of benzene rings is 1. The minimum atomic E-state index is -0.458. The molecule has 1 aromatic carbocycles. The Balaban J connectivity index is 0.00000264. The molecular weight excluding hydrogens is 349 g/mol. The number of nitrogens with two attached hydrogens (primary N) is 1. The van der Waals surface area contributed by atoms with Gasteiger partial charge in [-0.3, -0.25) is 4.79 Å². The van der Waals surface area contributed by atoms with Crippen molar-refractivity contribution in [3.05, 3.63) is 24.3 Å². The van der Waals surface area contributed by atoms with Gasteiger partial charge >= 0.3 is 0 Å². The van der Waals surface area contributed by atoms with Gasteiger partial charge in [-0.2, -0.15) is 0 Å². The zero-order valence-electron chi connectivity index (χ0n) is 14.5. The number of amides is 1. The fraction of sp³-hybridized carbons (Fsp3) is 0.588. The molecule has 2 rings (SSSR count). The molecule has 0 aromatic heterocycles. The molecule has 3 N–H and O–H groups in total. The van der Waals surface area contributed by atoms with Gasteiger partial charge in [-0.25, -0.2) is 0 Å². The molecule has 0 spiro atoms. The number of anilines is 2. The van der Waals surface area contributed by atoms with E-state index in [0.29, 0.717) is 6.42 Å². The van der Waals surface area contributed by atoms with E-state index in [-0.39, 0.29) is 42.9 Å². The van der Waals surface area contributed by atoms with Gasteiger partial charge in [0.1, 0.15) is 0 Å². The summed E-state index contributed by atoms with van der Waals surface area (Å²) in [5.74, 6) is -0.122. The number of para-hydroxylation sites is 2. The molecule has 1 aliphatic rings. The lowest BCUT2D eigenvalue weighted by Crippen LogP contribution is -2.46. The zero-order chi connectivity index (χ0) is 16.1. The predicted molar refractivity (Wildman–Crippen MR) is 105 cm³/mol. The molecule has 3 atom stereocenters. The lowest BCUT2D eigenvalue weighted by Gasteiger charge is -2.37. The first-order valence-electron chi connectivity index (χ1n) is 8.07. The quantitative estimate of drug-likeness (QED) is 0.826. The highest BCUT2D eigenvalue weighted by Gasteiger charge is 2.24. The van der Waals surface area contributed by atoms with Crippen LogP contribution in [0.15, 0.2) is 24.3 Å². The number of morpholine rings is 1. The van der Waals surface area contributed by atoms with Gasteiger partial charge in [0.2, 0.25) is 5.91 Å². The second-order valence-electron chi connectivity index (χ2n) is 6.06. The van der Waals surface area contributed by atoms with Gasteiger partial charge in [0.25, 0.3) is 0 Å². The summed E-state index contributed by atoms with van der Waals surface area (Å²) in [6.45, 7) is 7.80. The highest BCUT2D eigenvalue weighted by Crippen LogP contribution is 2.28. The molecule has 1 saturated heterocycles. The number of nitrogens with zero attached hydrogens (tertiary/aromatic N) is 1. The highest BCUT2D eigenvalue weighted by molar-refractivity contribution is 5.97. The summed E-state index contributed by atoms with van der Waals surface area (Å²) in [4.78, 5) is 14.5. The smallest absolute Gasteiger partial charge is 0.241 e. The first-order valence-corrected chi connectivity index (χ1v) is 8.07. The topological polar surface area (TPSA) is 67.6 Å². The molecule has 0 saturated carbocycles. The average molecular weight is 378 g/mol. The van der Waals surface area contributed by atoms with Crippen LogP contribution in [0.1, 0.15) is 33.6 Å². The van der Waals surface area contributed by atoms with Crippen molar-refractivity contribution in [1.29, 1.82) is 0 Å². The summed E-state index contributed by atoms with van der Waals surface area (Å²) in [7, 11) is 0. The maximum Gasteiger partial charge on any atom is 0.241 e. The van der Waals surface area contributed by atoms with Crippen molar-refractivity contribution in [3.8, 4) is 0 Å². The Hall–Kier alpha value is -1.01. The van der Waals surface area contributed by atoms with Crippen molar-refractivity contribution in [3.63, 3.8) is 0 Å². The van der Waals surface area contributed by atoms with Gasteiger partial charge in [-0.15, -0.1) is 24.8 Å². The Bertz CT molecular complexity index is 506. The SMILES string of the molecule is CCCC(N)C(=O)Nc1ccccc1N1CC(C)OC(C)C1.Cl.Cl. The largest absolute Gasteiger partial charge is 0.372 e. The molecule has 0 bridgehead atoms. The summed E-state index contributed by atoms with van der Waals surface area (Å²) < 4.78 is 5.78. The van der Waals surface area contributed by atoms with Crippen molar-refractivity contribution in [2.24, 2.45) is 5.73 Å². The lowest BCUT2D eigenvalue weighted by molar-refractivity contribution is -0.117. The molecule has 5 nitrogen and oxygen atoms in total. The van der Waals surface area contributed by atoms with Crippen molar-refractivity contribution in [2.75, 3.05) is 23.3 Å². The van der Waals surface area contributed by atoms with E-state index >= 15 is 0 Å². The van der Waals surface area contributed by atoms with Crippen molar-refractivity contribution in [2.45, 2.75) is 51.9 Å². The van der Waals surface area contributed by atoms with E-state index in [1.54, 1.807) is 0 Å². The van der Waals surface area contributed by atoms with E-state index in [1.165, 1.54) is 0 Å². The van der Waals surface area contributed by atoms with Crippen LogP contribution in [-0.4, -0.2) is 37.2 Å². The summed E-state index contributed by atoms with van der Waals surface area (Å²) in [5.41, 5.74) is 7.75. The summed E-state index contributed by atoms with van der Waals surface area (Å²) >= 11 is 0. The number of ether oxygens (including phenoxy) is 1. The lowest BCUT2D eigenvalue weighted by atomic mass is 10.1. The second-order valence-corrected chi connectivity index (χ2v) is 6.06. The predicted octanol–water partition coefficient (Wildman–Crippen LogP) is 3.21. The molecule has 24 heavy (non-hydrogen) atoms. The van der Waals surface area contributed by atoms with E-state index in [2.05, 4.69) is 24.1 Å². The maximum absolute atomic E-state index is 12.2. The number of hydrogen-bond acceptors (Lipinski definition) is 4. The molecule has 1 fully saturated rings. The fourth-order valence-electron chi connectivity index (χ4n) is 2.90. The Morgan fingerprint density at radius 2 is 1.88 bits per heavy atom. The minimum Gasteiger partial charge on any atom is -0.372 e. The highest BCUT2D eigenvalue weighted by atomic mass is 35.5. The van der Waals surface area contributed by atoms with Crippen molar-refractivity contribution in [1.82, 2.24) is 0 Å². The summed E-state index contributed by atoms with van der Waals surface area (Å²) in [5, 5.41) is 2.98. The molecule has 138 valence electrons. The van der Waals surface area contributed by atoms with Crippen molar-refractivity contribution < 1.29 is 9.53 Å². The van der Waals surface area contributed by atoms with Gasteiger partial charge in [0, 0.05) is 13.1 Å². The Morgan fingerprint density at radius 3 is 2.46 bits per heavy atom. The standard InChI is InChI=1S/C17H27N3O2.2ClH/c1-4-7-14(18)17(21)19-15-8-5-6-9-16(15)20-10-12(2)22-13(3)11-20;;/h5-6,8-9,12-14H,4,7,10-11,18H2,1-3H3,(H,19,21);2*1H. The van der Waals surface area contributed by atoms with Crippen molar-refractivity contribution >= 4 is 42.1 Å². The molecule has 1 aromatic rings. The first-order chi connectivity index (χ1) is 10.5. The monoisotopic (exact) mass is 377 g/mol. The van der Waals surface area contributed by atoms with E-state index in [4.69, 9.17) is 10.5 Å². The molecule has 3 unspecified atom stereocenters. The van der Waals surface area contributed by atoms with E-state index in [9.17, 15) is 4.79 Å². The normalized spacial score (nSPS) is 21.2. The van der Waals surface area contributed by atoms with Crippen LogP contribution in [0.2, 0.25) is 0 Å². The minimum absolute atomic E-state index is 0. The van der Waals surface area contributed by atoms with Crippen LogP contribution in [-0.2, 0) is 9.53 Å². The molecular formula is C17H29Cl2N3O2. The second kappa shape index (κ2) is 10.8. The number of hydrogen-bond donors (Lipinski definition) is 2. The summed E-state index contributed by atoms with van der Waals surface area (Å²) in [6, 6.07) is 7.42. The van der Waals surface area contributed by atoms with Gasteiger partial charge < -0.3 is 20.7 Å². The van der Waals surface area contributed by atoms with Crippen LogP contribution in [0, 0.1) is 0 Å². The average Bonchev–Trinajstić information content (AvgIpc) is 2.47. The third kappa shape index (κ3) is 6.13. The van der Waals surface area contributed by atoms with Gasteiger partial charge in [0.05, 0.1) is 29.6 Å². The maximum atomic E-state index is 12.2. The molecule has 0 radical (unpaired) electrons. The molecule has 7 heteroatoms. The Kier molecular flexibility index (Phi) is 10.3. The molecule has 1 heterocycles. The Morgan fingerprint density at radius 1 is 1.29 bits per heavy atom. The van der Waals surface area contributed by atoms with Gasteiger partial charge in [-0.05, 0) is 32.4 Å². The molecule has 0 aliphatic carbocycles. The van der Waals surface area contributed by atoms with Gasteiger partial charge in [0.15, 0.2) is 0 Å². The van der Waals surface area contributed by atoms with Gasteiger partial charge in [-0.1, -0.05) is 25.5 Å². The number of carbonyl (C=O) groups excluding carboxylic acids is 1. The Labute approximate surface area is 157 Å². The number of carbonyl (C=O) groups is 1. The van der Waals surface area contributed by atoms with Crippen LogP contribution in [0.25, 0.3) is 0 Å². The van der Waals surface area contributed by atoms with Crippen LogP contribution in [0.4, 0.5) is 11.4 Å². The molecule has 1 aliphatic heterocycles. The van der Waals surface area contributed by atoms with Crippen LogP contribution < -0.4 is 16.0 Å².